The fourth-order valence-corrected chi connectivity index (χ4v) is 4.11. The van der Waals surface area contributed by atoms with E-state index >= 15 is 0 Å². The topological polar surface area (TPSA) is 85.3 Å². The van der Waals surface area contributed by atoms with Crippen molar-refractivity contribution in [2.75, 3.05) is 26.2 Å². The first-order valence-corrected chi connectivity index (χ1v) is 10.4. The van der Waals surface area contributed by atoms with Gasteiger partial charge in [-0.25, -0.2) is 0 Å². The maximum Gasteiger partial charge on any atom is 0.264 e. The monoisotopic (exact) mass is 447 g/mol. The van der Waals surface area contributed by atoms with Crippen molar-refractivity contribution in [1.29, 1.82) is 0 Å². The minimum absolute atomic E-state index is 0.204. The summed E-state index contributed by atoms with van der Waals surface area (Å²) in [4.78, 5) is 28.0. The number of rotatable bonds is 8. The summed E-state index contributed by atoms with van der Waals surface area (Å²) in [6.45, 7) is 0.204. The summed E-state index contributed by atoms with van der Waals surface area (Å²) < 4.78 is 15.8. The highest BCUT2D eigenvalue weighted by atomic mass is 16.5. The molecule has 0 spiro atoms. The van der Waals surface area contributed by atoms with E-state index in [1.54, 1.807) is 82.0 Å². The smallest absolute Gasteiger partial charge is 0.264 e. The molecular formula is C26H25NO6. The number of ether oxygens (including phenoxy) is 3. The van der Waals surface area contributed by atoms with Gasteiger partial charge in [-0.1, -0.05) is 24.3 Å². The Morgan fingerprint density at radius 1 is 0.909 bits per heavy atom. The fourth-order valence-electron chi connectivity index (χ4n) is 4.11. The summed E-state index contributed by atoms with van der Waals surface area (Å²) in [6, 6.07) is 19.0. The van der Waals surface area contributed by atoms with E-state index < -0.39 is 11.5 Å². The number of methoxy groups -OCH3 is 3. The van der Waals surface area contributed by atoms with E-state index in [-0.39, 0.29) is 18.7 Å². The van der Waals surface area contributed by atoms with Gasteiger partial charge in [-0.2, -0.15) is 0 Å². The lowest BCUT2D eigenvalue weighted by molar-refractivity contribution is -0.136. The van der Waals surface area contributed by atoms with Crippen LogP contribution in [0.15, 0.2) is 66.7 Å². The van der Waals surface area contributed by atoms with Gasteiger partial charge in [-0.15, -0.1) is 0 Å². The number of hydrogen-bond donors (Lipinski definition) is 1. The van der Waals surface area contributed by atoms with E-state index in [4.69, 9.17) is 14.2 Å². The van der Waals surface area contributed by atoms with Crippen molar-refractivity contribution >= 4 is 17.4 Å². The SMILES string of the molecule is COc1ccc(C(=O)C[C@@]2(O)C(=O)N(Cc3ccc(OC)c(OC)c3)c3ccccc32)cc1. The van der Waals surface area contributed by atoms with Crippen LogP contribution in [0, 0.1) is 0 Å². The highest BCUT2D eigenvalue weighted by Gasteiger charge is 2.50. The van der Waals surface area contributed by atoms with Crippen molar-refractivity contribution in [3.05, 3.63) is 83.4 Å². The number of fused-ring (bicyclic) bond motifs is 1. The minimum Gasteiger partial charge on any atom is -0.497 e. The number of carbonyl (C=O) groups excluding carboxylic acids is 2. The molecule has 0 aliphatic carbocycles. The summed E-state index contributed by atoms with van der Waals surface area (Å²) in [7, 11) is 4.64. The molecule has 33 heavy (non-hydrogen) atoms. The standard InChI is InChI=1S/C26H25NO6/c1-31-19-11-9-18(10-12-19)22(28)15-26(30)20-6-4-5-7-21(20)27(25(26)29)16-17-8-13-23(32-2)24(14-17)33-3/h4-14,30H,15-16H2,1-3H3/t26-/m0/s1. The molecule has 1 N–H and O–H groups in total. The fraction of sp³-hybridized carbons (Fsp3) is 0.231. The van der Waals surface area contributed by atoms with Crippen LogP contribution in [-0.4, -0.2) is 38.1 Å². The van der Waals surface area contributed by atoms with Crippen LogP contribution in [0.2, 0.25) is 0 Å². The van der Waals surface area contributed by atoms with E-state index in [1.165, 1.54) is 4.90 Å². The molecule has 1 heterocycles. The first-order chi connectivity index (χ1) is 15.9. The minimum atomic E-state index is -1.95. The Bertz CT molecular complexity index is 1190. The number of aliphatic hydroxyl groups is 1. The Morgan fingerprint density at radius 2 is 1.61 bits per heavy atom. The Kier molecular flexibility index (Phi) is 6.07. The van der Waals surface area contributed by atoms with Gasteiger partial charge in [0.1, 0.15) is 5.75 Å². The third kappa shape index (κ3) is 4.03. The van der Waals surface area contributed by atoms with Crippen molar-refractivity contribution in [3.8, 4) is 17.2 Å². The molecule has 1 amide bonds. The quantitative estimate of drug-likeness (QED) is 0.530. The summed E-state index contributed by atoms with van der Waals surface area (Å²) in [5.41, 5.74) is 0.221. The van der Waals surface area contributed by atoms with Crippen LogP contribution in [0.5, 0.6) is 17.2 Å². The molecule has 1 aliphatic heterocycles. The molecule has 1 aliphatic rings. The zero-order chi connectivity index (χ0) is 23.6. The maximum atomic E-state index is 13.5. The molecule has 7 heteroatoms. The Morgan fingerprint density at radius 3 is 2.27 bits per heavy atom. The molecule has 170 valence electrons. The first-order valence-electron chi connectivity index (χ1n) is 10.4. The zero-order valence-corrected chi connectivity index (χ0v) is 18.7. The van der Waals surface area contributed by atoms with Gasteiger partial charge < -0.3 is 24.2 Å². The Labute approximate surface area is 192 Å². The van der Waals surface area contributed by atoms with Crippen LogP contribution in [0.1, 0.15) is 27.9 Å². The average molecular weight is 447 g/mol. The molecule has 0 radical (unpaired) electrons. The van der Waals surface area contributed by atoms with Gasteiger partial charge in [-0.05, 0) is 48.0 Å². The van der Waals surface area contributed by atoms with Crippen LogP contribution in [-0.2, 0) is 16.9 Å². The van der Waals surface area contributed by atoms with Crippen molar-refractivity contribution in [3.63, 3.8) is 0 Å². The Balaban J connectivity index is 1.64. The highest BCUT2D eigenvalue weighted by molar-refractivity contribution is 6.10. The first kappa shape index (κ1) is 22.4. The number of nitrogens with zero attached hydrogens (tertiary/aromatic N) is 1. The number of carbonyl (C=O) groups is 2. The molecule has 1 atom stereocenters. The number of hydrogen-bond acceptors (Lipinski definition) is 6. The van der Waals surface area contributed by atoms with Gasteiger partial charge in [0.05, 0.1) is 40.0 Å². The second-order valence-corrected chi connectivity index (χ2v) is 7.79. The highest BCUT2D eigenvalue weighted by Crippen LogP contribution is 2.44. The molecule has 0 saturated heterocycles. The molecule has 0 saturated carbocycles. The van der Waals surface area contributed by atoms with E-state index in [2.05, 4.69) is 0 Å². The normalized spacial score (nSPS) is 17.0. The summed E-state index contributed by atoms with van der Waals surface area (Å²) in [6.07, 6.45) is -0.363. The van der Waals surface area contributed by atoms with Crippen molar-refractivity contribution in [2.45, 2.75) is 18.6 Å². The molecule has 3 aromatic carbocycles. The van der Waals surface area contributed by atoms with Gasteiger partial charge >= 0.3 is 0 Å². The molecule has 0 fully saturated rings. The van der Waals surface area contributed by atoms with Crippen LogP contribution >= 0.6 is 0 Å². The summed E-state index contributed by atoms with van der Waals surface area (Å²) in [5.74, 6) is 0.862. The number of para-hydroxylation sites is 1. The second kappa shape index (κ2) is 8.96. The van der Waals surface area contributed by atoms with Crippen LogP contribution in [0.25, 0.3) is 0 Å². The number of amides is 1. The van der Waals surface area contributed by atoms with Crippen LogP contribution in [0.4, 0.5) is 5.69 Å². The third-order valence-corrected chi connectivity index (χ3v) is 5.86. The number of anilines is 1. The van der Waals surface area contributed by atoms with E-state index in [0.717, 1.165) is 5.56 Å². The van der Waals surface area contributed by atoms with Crippen molar-refractivity contribution in [1.82, 2.24) is 0 Å². The van der Waals surface area contributed by atoms with Gasteiger partial charge in [-0.3, -0.25) is 9.59 Å². The van der Waals surface area contributed by atoms with Gasteiger partial charge in [0.2, 0.25) is 0 Å². The number of benzene rings is 3. The molecule has 3 aromatic rings. The lowest BCUT2D eigenvalue weighted by atomic mass is 9.88. The Hall–Kier alpha value is -3.84. The summed E-state index contributed by atoms with van der Waals surface area (Å²) >= 11 is 0. The molecular weight excluding hydrogens is 422 g/mol. The number of ketones is 1. The van der Waals surface area contributed by atoms with Crippen LogP contribution in [0.3, 0.4) is 0 Å². The second-order valence-electron chi connectivity index (χ2n) is 7.79. The lowest BCUT2D eigenvalue weighted by Crippen LogP contribution is -2.41. The molecule has 0 bridgehead atoms. The van der Waals surface area contributed by atoms with Gasteiger partial charge in [0.25, 0.3) is 5.91 Å². The zero-order valence-electron chi connectivity index (χ0n) is 18.7. The molecule has 0 aromatic heterocycles. The van der Waals surface area contributed by atoms with Crippen molar-refractivity contribution in [2.24, 2.45) is 0 Å². The number of Topliss-reactive ketones (excluding diaryl/α,β-unsaturated/α-hetero) is 1. The maximum absolute atomic E-state index is 13.5. The largest absolute Gasteiger partial charge is 0.497 e. The van der Waals surface area contributed by atoms with E-state index in [1.807, 2.05) is 6.07 Å². The van der Waals surface area contributed by atoms with Crippen LogP contribution < -0.4 is 19.1 Å². The third-order valence-electron chi connectivity index (χ3n) is 5.86. The predicted molar refractivity (Wildman–Crippen MR) is 123 cm³/mol. The van der Waals surface area contributed by atoms with Gasteiger partial charge in [0, 0.05) is 11.1 Å². The van der Waals surface area contributed by atoms with E-state index in [9.17, 15) is 14.7 Å². The van der Waals surface area contributed by atoms with Crippen molar-refractivity contribution < 1.29 is 28.9 Å². The molecule has 0 unspecified atom stereocenters. The lowest BCUT2D eigenvalue weighted by Gasteiger charge is -2.23. The average Bonchev–Trinajstić information content (AvgIpc) is 3.05. The van der Waals surface area contributed by atoms with Gasteiger partial charge in [0.15, 0.2) is 22.9 Å². The molecule has 4 rings (SSSR count). The predicted octanol–water partition coefficient (Wildman–Crippen LogP) is 3.72. The summed E-state index contributed by atoms with van der Waals surface area (Å²) in [5, 5.41) is 11.5. The van der Waals surface area contributed by atoms with E-state index in [0.29, 0.717) is 34.1 Å². The molecule has 7 nitrogen and oxygen atoms in total.